The molecule has 0 bridgehead atoms. The quantitative estimate of drug-likeness (QED) is 0.582. The second-order valence-electron chi connectivity index (χ2n) is 2.96. The highest BCUT2D eigenvalue weighted by atomic mass is 16.5. The van der Waals surface area contributed by atoms with Gasteiger partial charge in [-0.3, -0.25) is 0 Å². The normalized spacial score (nSPS) is 21.5. The summed E-state index contributed by atoms with van der Waals surface area (Å²) >= 11 is 0. The number of hydrogen-bond donors (Lipinski definition) is 0. The highest BCUT2D eigenvalue weighted by molar-refractivity contribution is 5.57. The van der Waals surface area contributed by atoms with Crippen molar-refractivity contribution in [3.8, 4) is 0 Å². The standard InChI is InChI=1S/C10H10O2/c11-6-10-5-8-3-1-2-4-9(8)7-12-10/h1-4,6,10H,5,7H2. The lowest BCUT2D eigenvalue weighted by atomic mass is 10.00. The Bertz CT molecular complexity index is 294. The third-order valence-corrected chi connectivity index (χ3v) is 2.14. The monoisotopic (exact) mass is 162 g/mol. The summed E-state index contributed by atoms with van der Waals surface area (Å²) in [7, 11) is 0. The maximum Gasteiger partial charge on any atom is 0.149 e. The molecule has 0 N–H and O–H groups in total. The van der Waals surface area contributed by atoms with Crippen LogP contribution in [0, 0.1) is 0 Å². The minimum atomic E-state index is -0.236. The lowest BCUT2D eigenvalue weighted by molar-refractivity contribution is -0.119. The number of fused-ring (bicyclic) bond motifs is 1. The van der Waals surface area contributed by atoms with Gasteiger partial charge in [-0.1, -0.05) is 24.3 Å². The summed E-state index contributed by atoms with van der Waals surface area (Å²) in [6.07, 6.45) is 1.36. The number of rotatable bonds is 1. The van der Waals surface area contributed by atoms with Gasteiger partial charge in [0.25, 0.3) is 0 Å². The minimum Gasteiger partial charge on any atom is -0.366 e. The van der Waals surface area contributed by atoms with Gasteiger partial charge in [0.15, 0.2) is 0 Å². The highest BCUT2D eigenvalue weighted by Gasteiger charge is 2.16. The van der Waals surface area contributed by atoms with Crippen LogP contribution in [0.1, 0.15) is 11.1 Å². The van der Waals surface area contributed by atoms with Crippen LogP contribution in [0.2, 0.25) is 0 Å². The molecule has 0 saturated heterocycles. The van der Waals surface area contributed by atoms with E-state index >= 15 is 0 Å². The molecule has 1 aromatic carbocycles. The molecule has 62 valence electrons. The van der Waals surface area contributed by atoms with Gasteiger partial charge in [0.1, 0.15) is 12.4 Å². The number of hydrogen-bond acceptors (Lipinski definition) is 2. The summed E-state index contributed by atoms with van der Waals surface area (Å²) < 4.78 is 5.29. The summed E-state index contributed by atoms with van der Waals surface area (Å²) in [4.78, 5) is 10.4. The molecule has 1 aliphatic rings. The summed E-state index contributed by atoms with van der Waals surface area (Å²) in [5.74, 6) is 0. The molecule has 1 aliphatic heterocycles. The van der Waals surface area contributed by atoms with E-state index in [2.05, 4.69) is 0 Å². The van der Waals surface area contributed by atoms with E-state index < -0.39 is 0 Å². The van der Waals surface area contributed by atoms with Crippen molar-refractivity contribution in [2.45, 2.75) is 19.1 Å². The van der Waals surface area contributed by atoms with Crippen molar-refractivity contribution >= 4 is 6.29 Å². The molecule has 2 rings (SSSR count). The molecule has 1 unspecified atom stereocenters. The molecule has 12 heavy (non-hydrogen) atoms. The van der Waals surface area contributed by atoms with Crippen LogP contribution in [0.5, 0.6) is 0 Å². The number of carbonyl (C=O) groups excluding carboxylic acids is 1. The first-order valence-corrected chi connectivity index (χ1v) is 4.04. The third kappa shape index (κ3) is 1.25. The van der Waals surface area contributed by atoms with Crippen LogP contribution in [-0.4, -0.2) is 12.4 Å². The molecule has 1 heterocycles. The fourth-order valence-corrected chi connectivity index (χ4v) is 1.46. The largest absolute Gasteiger partial charge is 0.366 e. The SMILES string of the molecule is O=CC1Cc2ccccc2CO1. The van der Waals surface area contributed by atoms with E-state index in [1.54, 1.807) is 0 Å². The molecule has 0 aromatic heterocycles. The zero-order valence-electron chi connectivity index (χ0n) is 6.69. The van der Waals surface area contributed by atoms with Gasteiger partial charge in [-0.25, -0.2) is 0 Å². The number of ether oxygens (including phenoxy) is 1. The van der Waals surface area contributed by atoms with E-state index in [1.807, 2.05) is 24.3 Å². The van der Waals surface area contributed by atoms with E-state index in [-0.39, 0.29) is 6.10 Å². The van der Waals surface area contributed by atoms with Crippen LogP contribution in [0.15, 0.2) is 24.3 Å². The Morgan fingerprint density at radius 2 is 2.08 bits per heavy atom. The van der Waals surface area contributed by atoms with Gasteiger partial charge in [-0.05, 0) is 11.1 Å². The molecule has 0 amide bonds. The van der Waals surface area contributed by atoms with Crippen molar-refractivity contribution < 1.29 is 9.53 Å². The zero-order valence-corrected chi connectivity index (χ0v) is 6.69. The van der Waals surface area contributed by atoms with Gasteiger partial charge in [-0.15, -0.1) is 0 Å². The predicted octanol–water partition coefficient (Wildman–Crippen LogP) is 1.33. The molecule has 0 fully saturated rings. The molecule has 1 aromatic rings. The molecule has 0 aliphatic carbocycles. The Morgan fingerprint density at radius 1 is 1.33 bits per heavy atom. The van der Waals surface area contributed by atoms with Gasteiger partial charge in [0, 0.05) is 6.42 Å². The van der Waals surface area contributed by atoms with Crippen LogP contribution >= 0.6 is 0 Å². The maximum absolute atomic E-state index is 10.4. The van der Waals surface area contributed by atoms with Crippen molar-refractivity contribution in [3.05, 3.63) is 35.4 Å². The smallest absolute Gasteiger partial charge is 0.149 e. The Labute approximate surface area is 71.2 Å². The van der Waals surface area contributed by atoms with E-state index in [4.69, 9.17) is 4.74 Å². The first-order chi connectivity index (χ1) is 5.90. The summed E-state index contributed by atoms with van der Waals surface area (Å²) in [6, 6.07) is 8.07. The van der Waals surface area contributed by atoms with Gasteiger partial charge >= 0.3 is 0 Å². The summed E-state index contributed by atoms with van der Waals surface area (Å²) in [6.45, 7) is 0.569. The minimum absolute atomic E-state index is 0.236. The fourth-order valence-electron chi connectivity index (χ4n) is 1.46. The maximum atomic E-state index is 10.4. The average molecular weight is 162 g/mol. The molecule has 0 spiro atoms. The molecule has 2 heteroatoms. The lowest BCUT2D eigenvalue weighted by Gasteiger charge is -2.20. The molecule has 0 radical (unpaired) electrons. The number of benzene rings is 1. The van der Waals surface area contributed by atoms with Crippen molar-refractivity contribution in [3.63, 3.8) is 0 Å². The summed E-state index contributed by atoms with van der Waals surface area (Å²) in [5, 5.41) is 0. The van der Waals surface area contributed by atoms with E-state index in [1.165, 1.54) is 11.1 Å². The van der Waals surface area contributed by atoms with Crippen molar-refractivity contribution in [2.24, 2.45) is 0 Å². The van der Waals surface area contributed by atoms with Crippen molar-refractivity contribution in [1.29, 1.82) is 0 Å². The highest BCUT2D eigenvalue weighted by Crippen LogP contribution is 2.18. The Morgan fingerprint density at radius 3 is 2.83 bits per heavy atom. The van der Waals surface area contributed by atoms with Gasteiger partial charge in [0.05, 0.1) is 6.61 Å². The Balaban J connectivity index is 2.28. The Hall–Kier alpha value is -1.15. The predicted molar refractivity (Wildman–Crippen MR) is 44.8 cm³/mol. The Kier molecular flexibility index (Phi) is 1.92. The second-order valence-corrected chi connectivity index (χ2v) is 2.96. The van der Waals surface area contributed by atoms with Crippen molar-refractivity contribution in [2.75, 3.05) is 0 Å². The third-order valence-electron chi connectivity index (χ3n) is 2.14. The molecule has 0 saturated carbocycles. The first kappa shape index (κ1) is 7.50. The molecular formula is C10H10O2. The van der Waals surface area contributed by atoms with Gasteiger partial charge in [-0.2, -0.15) is 0 Å². The van der Waals surface area contributed by atoms with E-state index in [0.29, 0.717) is 6.61 Å². The second kappa shape index (κ2) is 3.07. The first-order valence-electron chi connectivity index (χ1n) is 4.04. The van der Waals surface area contributed by atoms with Gasteiger partial charge in [0.2, 0.25) is 0 Å². The number of carbonyl (C=O) groups is 1. The molecule has 2 nitrogen and oxygen atoms in total. The van der Waals surface area contributed by atoms with Crippen LogP contribution < -0.4 is 0 Å². The van der Waals surface area contributed by atoms with Crippen LogP contribution in [-0.2, 0) is 22.6 Å². The molecule has 1 atom stereocenters. The summed E-state index contributed by atoms with van der Waals surface area (Å²) in [5.41, 5.74) is 2.44. The number of aldehydes is 1. The average Bonchev–Trinajstić information content (AvgIpc) is 2.17. The topological polar surface area (TPSA) is 26.3 Å². The lowest BCUT2D eigenvalue weighted by Crippen LogP contribution is -2.23. The van der Waals surface area contributed by atoms with E-state index in [0.717, 1.165) is 12.7 Å². The van der Waals surface area contributed by atoms with E-state index in [9.17, 15) is 4.79 Å². The van der Waals surface area contributed by atoms with Crippen molar-refractivity contribution in [1.82, 2.24) is 0 Å². The molecular weight excluding hydrogens is 152 g/mol. The zero-order chi connectivity index (χ0) is 8.39. The van der Waals surface area contributed by atoms with Gasteiger partial charge < -0.3 is 9.53 Å². The van der Waals surface area contributed by atoms with Crippen LogP contribution in [0.3, 0.4) is 0 Å². The fraction of sp³-hybridized carbons (Fsp3) is 0.300. The van der Waals surface area contributed by atoms with Crippen LogP contribution in [0.4, 0.5) is 0 Å². The van der Waals surface area contributed by atoms with Crippen LogP contribution in [0.25, 0.3) is 0 Å².